The fourth-order valence-corrected chi connectivity index (χ4v) is 7.49. The van der Waals surface area contributed by atoms with Gasteiger partial charge in [-0.3, -0.25) is 14.5 Å². The third-order valence-corrected chi connectivity index (χ3v) is 10.7. The molecule has 1 N–H and O–H groups in total. The number of ether oxygens (including phenoxy) is 3. The Hall–Kier alpha value is -5.20. The molecule has 1 aliphatic rings. The highest BCUT2D eigenvalue weighted by Crippen LogP contribution is 2.46. The molecule has 5 aromatic rings. The molecule has 0 spiro atoms. The minimum atomic E-state index is -1.08. The Labute approximate surface area is 310 Å². The molecule has 1 aromatic heterocycles. The van der Waals surface area contributed by atoms with Crippen LogP contribution in [0.3, 0.4) is 0 Å². The molecular formula is C40H38FN3O6S2. The number of aliphatic hydroxyl groups excluding tert-OH is 1. The molecule has 52 heavy (non-hydrogen) atoms. The normalized spacial score (nSPS) is 15.3. The largest absolute Gasteiger partial charge is 0.507 e. The second kappa shape index (κ2) is 16.4. The molecule has 1 fully saturated rings. The topological polar surface area (TPSA) is 111 Å². The minimum Gasteiger partial charge on any atom is -0.507 e. The van der Waals surface area contributed by atoms with E-state index in [0.29, 0.717) is 63.2 Å². The number of thioether (sulfide) groups is 1. The third kappa shape index (κ3) is 8.13. The van der Waals surface area contributed by atoms with Crippen molar-refractivity contribution in [3.05, 3.63) is 130 Å². The lowest BCUT2D eigenvalue weighted by atomic mass is 9.95. The molecule has 1 amide bonds. The van der Waals surface area contributed by atoms with Crippen LogP contribution in [0.25, 0.3) is 5.76 Å². The SMILES string of the molecule is COc1cc(C2/C(=C(\O)c3ccc(OCc4ccccc4C)cc3)C(=O)C(=O)N2c2nnc(SCc3ccccc3F)s2)ccc1OCCC(C)C. The Kier molecular flexibility index (Phi) is 11.6. The molecule has 6 rings (SSSR count). The van der Waals surface area contributed by atoms with Crippen LogP contribution in [0.1, 0.15) is 54.1 Å². The molecule has 9 nitrogen and oxygen atoms in total. The van der Waals surface area contributed by atoms with E-state index in [1.54, 1.807) is 60.7 Å². The maximum atomic E-state index is 14.3. The predicted octanol–water partition coefficient (Wildman–Crippen LogP) is 8.92. The summed E-state index contributed by atoms with van der Waals surface area (Å²) >= 11 is 2.36. The van der Waals surface area contributed by atoms with Gasteiger partial charge in [0.1, 0.15) is 23.9 Å². The van der Waals surface area contributed by atoms with Crippen molar-refractivity contribution >= 4 is 45.7 Å². The number of aromatic nitrogens is 2. The van der Waals surface area contributed by atoms with Crippen molar-refractivity contribution in [3.63, 3.8) is 0 Å². The predicted molar refractivity (Wildman–Crippen MR) is 201 cm³/mol. The van der Waals surface area contributed by atoms with Gasteiger partial charge < -0.3 is 19.3 Å². The molecule has 2 heterocycles. The van der Waals surface area contributed by atoms with Crippen LogP contribution in [0.2, 0.25) is 0 Å². The van der Waals surface area contributed by atoms with Crippen molar-refractivity contribution in [1.82, 2.24) is 10.2 Å². The van der Waals surface area contributed by atoms with Gasteiger partial charge in [-0.1, -0.05) is 85.5 Å². The number of halogens is 1. The van der Waals surface area contributed by atoms with Crippen LogP contribution in [0.4, 0.5) is 9.52 Å². The summed E-state index contributed by atoms with van der Waals surface area (Å²) in [5.41, 5.74) is 3.35. The van der Waals surface area contributed by atoms with Crippen LogP contribution in [-0.4, -0.2) is 40.7 Å². The standard InChI is InChI=1S/C40H38FN3O6S2/c1-24(2)19-20-49-32-18-15-27(21-33(32)48-4)35-34(36(45)26-13-16-30(17-14-26)50-22-28-10-6-5-9-25(28)3)37(46)38(47)44(35)39-42-43-40(52-39)51-23-29-11-7-8-12-31(29)41/h5-18,21,24,35,45H,19-20,22-23H2,1-4H3/b36-34+. The van der Waals surface area contributed by atoms with Crippen LogP contribution in [0.15, 0.2) is 101 Å². The summed E-state index contributed by atoms with van der Waals surface area (Å²) in [6.07, 6.45) is 0.842. The number of ketones is 1. The van der Waals surface area contributed by atoms with E-state index in [2.05, 4.69) is 24.0 Å². The molecule has 1 unspecified atom stereocenters. The van der Waals surface area contributed by atoms with E-state index >= 15 is 0 Å². The summed E-state index contributed by atoms with van der Waals surface area (Å²) in [4.78, 5) is 28.9. The number of carbonyl (C=O) groups excluding carboxylic acids is 2. The van der Waals surface area contributed by atoms with E-state index in [9.17, 15) is 19.1 Å². The first-order chi connectivity index (χ1) is 25.1. The first kappa shape index (κ1) is 36.6. The number of nitrogens with zero attached hydrogens (tertiary/aromatic N) is 3. The average Bonchev–Trinajstić information content (AvgIpc) is 3.72. The Bertz CT molecular complexity index is 2100. The first-order valence-electron chi connectivity index (χ1n) is 16.7. The van der Waals surface area contributed by atoms with Crippen LogP contribution < -0.4 is 19.1 Å². The fraction of sp³-hybridized carbons (Fsp3) is 0.250. The van der Waals surface area contributed by atoms with Crippen LogP contribution in [-0.2, 0) is 21.9 Å². The lowest BCUT2D eigenvalue weighted by molar-refractivity contribution is -0.132. The fourth-order valence-electron chi connectivity index (χ4n) is 5.63. The molecule has 0 saturated carbocycles. The van der Waals surface area contributed by atoms with Crippen molar-refractivity contribution in [2.45, 2.75) is 49.9 Å². The molecule has 1 atom stereocenters. The van der Waals surface area contributed by atoms with Crippen LogP contribution in [0.5, 0.6) is 17.2 Å². The zero-order valence-electron chi connectivity index (χ0n) is 29.2. The highest BCUT2D eigenvalue weighted by atomic mass is 32.2. The molecule has 4 aromatic carbocycles. The molecular weight excluding hydrogens is 702 g/mol. The van der Waals surface area contributed by atoms with Gasteiger partial charge in [0.15, 0.2) is 15.8 Å². The number of aliphatic hydroxyl groups is 1. The number of benzene rings is 4. The van der Waals surface area contributed by atoms with Crippen molar-refractivity contribution in [2.24, 2.45) is 5.92 Å². The second-order valence-corrected chi connectivity index (χ2v) is 14.8. The Morgan fingerprint density at radius 3 is 2.38 bits per heavy atom. The van der Waals surface area contributed by atoms with Gasteiger partial charge >= 0.3 is 5.91 Å². The maximum Gasteiger partial charge on any atom is 0.301 e. The smallest absolute Gasteiger partial charge is 0.301 e. The van der Waals surface area contributed by atoms with E-state index < -0.39 is 17.7 Å². The number of amides is 1. The van der Waals surface area contributed by atoms with Gasteiger partial charge in [0, 0.05) is 11.3 Å². The number of hydrogen-bond donors (Lipinski definition) is 1. The summed E-state index contributed by atoms with van der Waals surface area (Å²) in [7, 11) is 1.51. The van der Waals surface area contributed by atoms with Gasteiger partial charge in [-0.2, -0.15) is 0 Å². The Morgan fingerprint density at radius 2 is 1.67 bits per heavy atom. The van der Waals surface area contributed by atoms with Crippen molar-refractivity contribution in [3.8, 4) is 17.2 Å². The van der Waals surface area contributed by atoms with E-state index in [-0.39, 0.29) is 22.3 Å². The number of methoxy groups -OCH3 is 1. The van der Waals surface area contributed by atoms with Gasteiger partial charge in [0.25, 0.3) is 5.78 Å². The zero-order valence-corrected chi connectivity index (χ0v) is 30.8. The number of rotatable bonds is 14. The highest BCUT2D eigenvalue weighted by molar-refractivity contribution is 8.00. The number of Topliss-reactive ketones (excluding diaryl/α,β-unsaturated/α-hetero) is 1. The van der Waals surface area contributed by atoms with E-state index in [1.807, 2.05) is 31.2 Å². The van der Waals surface area contributed by atoms with E-state index in [0.717, 1.165) is 28.9 Å². The van der Waals surface area contributed by atoms with E-state index in [4.69, 9.17) is 14.2 Å². The van der Waals surface area contributed by atoms with E-state index in [1.165, 1.54) is 29.8 Å². The number of carbonyl (C=O) groups is 2. The van der Waals surface area contributed by atoms with Crippen LogP contribution in [0, 0.1) is 18.7 Å². The zero-order chi connectivity index (χ0) is 36.8. The third-order valence-electron chi connectivity index (χ3n) is 8.59. The first-order valence-corrected chi connectivity index (χ1v) is 18.5. The lowest BCUT2D eigenvalue weighted by Gasteiger charge is -2.23. The van der Waals surface area contributed by atoms with Gasteiger partial charge in [0.05, 0.1) is 25.3 Å². The molecule has 1 saturated heterocycles. The molecule has 12 heteroatoms. The molecule has 0 aliphatic carbocycles. The maximum absolute atomic E-state index is 14.3. The molecule has 1 aliphatic heterocycles. The monoisotopic (exact) mass is 739 g/mol. The lowest BCUT2D eigenvalue weighted by Crippen LogP contribution is -2.29. The summed E-state index contributed by atoms with van der Waals surface area (Å²) in [5, 5.41) is 20.4. The molecule has 0 radical (unpaired) electrons. The number of hydrogen-bond acceptors (Lipinski definition) is 10. The number of anilines is 1. The Morgan fingerprint density at radius 1 is 0.942 bits per heavy atom. The average molecular weight is 740 g/mol. The summed E-state index contributed by atoms with van der Waals surface area (Å²) in [6, 6.07) is 25.2. The summed E-state index contributed by atoms with van der Waals surface area (Å²) in [5.74, 6) is -0.216. The van der Waals surface area contributed by atoms with Gasteiger partial charge in [-0.05, 0) is 84.0 Å². The molecule has 0 bridgehead atoms. The quantitative estimate of drug-likeness (QED) is 0.0393. The molecule has 268 valence electrons. The van der Waals surface area contributed by atoms with Crippen LogP contribution >= 0.6 is 23.1 Å². The van der Waals surface area contributed by atoms with Crippen molar-refractivity contribution in [2.75, 3.05) is 18.6 Å². The second-order valence-electron chi connectivity index (χ2n) is 12.6. The van der Waals surface area contributed by atoms with Crippen molar-refractivity contribution in [1.29, 1.82) is 0 Å². The van der Waals surface area contributed by atoms with Gasteiger partial charge in [0.2, 0.25) is 5.13 Å². The number of aryl methyl sites for hydroxylation is 1. The minimum absolute atomic E-state index is 0.120. The highest BCUT2D eigenvalue weighted by Gasteiger charge is 2.48. The Balaban J connectivity index is 1.34. The van der Waals surface area contributed by atoms with Gasteiger partial charge in [-0.15, -0.1) is 10.2 Å². The van der Waals surface area contributed by atoms with Gasteiger partial charge in [-0.25, -0.2) is 4.39 Å². The van der Waals surface area contributed by atoms with Crippen molar-refractivity contribution < 1.29 is 33.3 Å². The summed E-state index contributed by atoms with van der Waals surface area (Å²) < 4.78 is 32.4. The summed E-state index contributed by atoms with van der Waals surface area (Å²) in [6.45, 7) is 7.08.